The maximum atomic E-state index is 13.2. The van der Waals surface area contributed by atoms with Gasteiger partial charge in [-0.05, 0) is 63.1 Å². The fourth-order valence-electron chi connectivity index (χ4n) is 3.35. The van der Waals surface area contributed by atoms with Crippen LogP contribution in [0.3, 0.4) is 0 Å². The highest BCUT2D eigenvalue weighted by Crippen LogP contribution is 2.42. The molecule has 2 aromatic carbocycles. The molecule has 0 aromatic heterocycles. The molecule has 2 aromatic rings. The molecule has 1 atom stereocenters. The number of halogens is 2. The summed E-state index contributed by atoms with van der Waals surface area (Å²) in [4.78, 5) is 13.2. The Hall–Kier alpha value is -2.39. The van der Waals surface area contributed by atoms with Gasteiger partial charge >= 0.3 is 5.97 Å². The van der Waals surface area contributed by atoms with Crippen molar-refractivity contribution in [2.75, 3.05) is 0 Å². The van der Waals surface area contributed by atoms with Gasteiger partial charge in [-0.15, -0.1) is 11.8 Å². The fourth-order valence-corrected chi connectivity index (χ4v) is 4.65. The minimum Gasteiger partial charge on any atom is -0.457 e. The molecule has 0 radical (unpaired) electrons. The molecule has 1 aliphatic heterocycles. The Morgan fingerprint density at radius 1 is 1.09 bits per heavy atom. The van der Waals surface area contributed by atoms with E-state index in [1.807, 2.05) is 64.1 Å². The van der Waals surface area contributed by atoms with Crippen LogP contribution in [0.25, 0.3) is 0 Å². The Morgan fingerprint density at radius 2 is 1.66 bits per heavy atom. The van der Waals surface area contributed by atoms with Gasteiger partial charge in [0.2, 0.25) is 0 Å². The molecule has 7 heteroatoms. The van der Waals surface area contributed by atoms with E-state index in [2.05, 4.69) is 11.4 Å². The summed E-state index contributed by atoms with van der Waals surface area (Å²) in [7, 11) is 0. The van der Waals surface area contributed by atoms with Gasteiger partial charge in [-0.1, -0.05) is 47.5 Å². The molecule has 0 spiro atoms. The van der Waals surface area contributed by atoms with E-state index in [0.29, 0.717) is 37.7 Å². The molecular weight excluding hydrogens is 463 g/mol. The second kappa shape index (κ2) is 10.0. The number of allylic oxidation sites excluding steroid dienone is 2. The lowest BCUT2D eigenvalue weighted by Crippen LogP contribution is -2.32. The van der Waals surface area contributed by atoms with Crippen LogP contribution in [-0.4, -0.2) is 11.6 Å². The van der Waals surface area contributed by atoms with Crippen LogP contribution in [0.15, 0.2) is 70.4 Å². The number of carbonyl (C=O) groups is 1. The van der Waals surface area contributed by atoms with Crippen LogP contribution in [0.5, 0.6) is 0 Å². The van der Waals surface area contributed by atoms with Crippen molar-refractivity contribution in [2.24, 2.45) is 0 Å². The SMILES string of the molecule is CC1=C(C(=O)OC(C)(C)C)[C@@H](c2ccc(Cl)cc2)C(C#N)=C(SCc2ccc(Cl)cc2)N1. The lowest BCUT2D eigenvalue weighted by molar-refractivity contribution is -0.150. The van der Waals surface area contributed by atoms with Crippen LogP contribution in [-0.2, 0) is 15.3 Å². The molecule has 0 bridgehead atoms. The highest BCUT2D eigenvalue weighted by Gasteiger charge is 2.36. The van der Waals surface area contributed by atoms with E-state index in [0.717, 1.165) is 11.1 Å². The second-order valence-corrected chi connectivity index (χ2v) is 10.3. The van der Waals surface area contributed by atoms with Crippen molar-refractivity contribution < 1.29 is 9.53 Å². The first-order valence-corrected chi connectivity index (χ1v) is 11.8. The molecular formula is C25H24Cl2N2O2S. The molecule has 0 amide bonds. The Labute approximate surface area is 203 Å². The van der Waals surface area contributed by atoms with E-state index < -0.39 is 17.5 Å². The Kier molecular flexibility index (Phi) is 7.61. The number of carbonyl (C=O) groups excluding carboxylic acids is 1. The molecule has 1 N–H and O–H groups in total. The van der Waals surface area contributed by atoms with Crippen molar-refractivity contribution in [3.63, 3.8) is 0 Å². The van der Waals surface area contributed by atoms with Crippen molar-refractivity contribution in [2.45, 2.75) is 45.0 Å². The van der Waals surface area contributed by atoms with Crippen LogP contribution in [0.2, 0.25) is 10.0 Å². The number of hydrogen-bond donors (Lipinski definition) is 1. The number of hydrogen-bond acceptors (Lipinski definition) is 5. The normalized spacial score (nSPS) is 16.5. The number of nitriles is 1. The van der Waals surface area contributed by atoms with E-state index in [4.69, 9.17) is 27.9 Å². The molecule has 1 aliphatic rings. The van der Waals surface area contributed by atoms with Gasteiger partial charge in [0, 0.05) is 21.5 Å². The van der Waals surface area contributed by atoms with Gasteiger partial charge in [0.15, 0.2) is 0 Å². The third-order valence-electron chi connectivity index (χ3n) is 4.77. The zero-order valence-corrected chi connectivity index (χ0v) is 20.7. The first-order chi connectivity index (χ1) is 15.1. The standard InChI is InChI=1S/C25H24Cl2N2O2S/c1-15-21(24(30)31-25(2,3)4)22(17-7-11-19(27)12-8-17)20(13-28)23(29-15)32-14-16-5-9-18(26)10-6-16/h5-12,22,29H,14H2,1-4H3/t22-/m0/s1. The predicted molar refractivity (Wildman–Crippen MR) is 131 cm³/mol. The Balaban J connectivity index is 2.02. The van der Waals surface area contributed by atoms with Gasteiger partial charge in [-0.3, -0.25) is 0 Å². The number of rotatable bonds is 5. The first-order valence-electron chi connectivity index (χ1n) is 10.1. The van der Waals surface area contributed by atoms with Gasteiger partial charge in [0.05, 0.1) is 28.2 Å². The zero-order valence-electron chi connectivity index (χ0n) is 18.3. The molecule has 0 saturated heterocycles. The minimum atomic E-state index is -0.658. The number of nitrogens with one attached hydrogen (secondary N) is 1. The molecule has 0 unspecified atom stereocenters. The number of ether oxygens (including phenoxy) is 1. The summed E-state index contributed by atoms with van der Waals surface area (Å²) >= 11 is 13.6. The monoisotopic (exact) mass is 486 g/mol. The maximum Gasteiger partial charge on any atom is 0.337 e. The molecule has 4 nitrogen and oxygen atoms in total. The van der Waals surface area contributed by atoms with Crippen LogP contribution in [0, 0.1) is 11.3 Å². The van der Waals surface area contributed by atoms with Crippen LogP contribution < -0.4 is 5.32 Å². The Bertz CT molecular complexity index is 1110. The average molecular weight is 487 g/mol. The Morgan fingerprint density at radius 3 is 2.19 bits per heavy atom. The van der Waals surface area contributed by atoms with Gasteiger partial charge in [-0.25, -0.2) is 4.79 Å². The van der Waals surface area contributed by atoms with Crippen LogP contribution in [0.1, 0.15) is 44.7 Å². The number of dihydropyridines is 1. The minimum absolute atomic E-state index is 0.426. The van der Waals surface area contributed by atoms with Crippen molar-refractivity contribution in [3.8, 4) is 6.07 Å². The number of nitrogens with zero attached hydrogens (tertiary/aromatic N) is 1. The summed E-state index contributed by atoms with van der Waals surface area (Å²) in [5.41, 5.74) is 2.78. The van der Waals surface area contributed by atoms with E-state index in [1.54, 1.807) is 12.1 Å². The van der Waals surface area contributed by atoms with Crippen molar-refractivity contribution in [3.05, 3.63) is 91.6 Å². The zero-order chi connectivity index (χ0) is 23.5. The molecule has 166 valence electrons. The van der Waals surface area contributed by atoms with Crippen LogP contribution in [0.4, 0.5) is 0 Å². The summed E-state index contributed by atoms with van der Waals surface area (Å²) in [5, 5.41) is 15.4. The largest absolute Gasteiger partial charge is 0.457 e. The van der Waals surface area contributed by atoms with Crippen molar-refractivity contribution in [1.82, 2.24) is 5.32 Å². The molecule has 0 aliphatic carbocycles. The lowest BCUT2D eigenvalue weighted by Gasteiger charge is -2.31. The summed E-state index contributed by atoms with van der Waals surface area (Å²) in [5.74, 6) is -0.356. The molecule has 32 heavy (non-hydrogen) atoms. The van der Waals surface area contributed by atoms with Gasteiger partial charge in [0.1, 0.15) is 5.60 Å². The third-order valence-corrected chi connectivity index (χ3v) is 6.36. The van der Waals surface area contributed by atoms with Gasteiger partial charge in [0.25, 0.3) is 0 Å². The summed E-state index contributed by atoms with van der Waals surface area (Å²) in [6.07, 6.45) is 0. The summed E-state index contributed by atoms with van der Waals surface area (Å²) in [6, 6.07) is 17.1. The smallest absolute Gasteiger partial charge is 0.337 e. The van der Waals surface area contributed by atoms with Gasteiger partial charge < -0.3 is 10.1 Å². The summed E-state index contributed by atoms with van der Waals surface area (Å²) in [6.45, 7) is 7.30. The fraction of sp³-hybridized carbons (Fsp3) is 0.280. The van der Waals surface area contributed by atoms with Crippen molar-refractivity contribution in [1.29, 1.82) is 5.26 Å². The van der Waals surface area contributed by atoms with E-state index >= 15 is 0 Å². The maximum absolute atomic E-state index is 13.2. The van der Waals surface area contributed by atoms with Crippen LogP contribution >= 0.6 is 35.0 Å². The first kappa shape index (κ1) is 24.3. The molecule has 1 heterocycles. The topological polar surface area (TPSA) is 62.1 Å². The van der Waals surface area contributed by atoms with E-state index in [1.165, 1.54) is 11.8 Å². The third kappa shape index (κ3) is 5.89. The van der Waals surface area contributed by atoms with Crippen molar-refractivity contribution >= 4 is 40.9 Å². The highest BCUT2D eigenvalue weighted by atomic mass is 35.5. The second-order valence-electron chi connectivity index (χ2n) is 8.42. The quantitative estimate of drug-likeness (QED) is 0.462. The number of esters is 1. The molecule has 0 fully saturated rings. The summed E-state index contributed by atoms with van der Waals surface area (Å²) < 4.78 is 5.68. The number of thioether (sulfide) groups is 1. The van der Waals surface area contributed by atoms with E-state index in [-0.39, 0.29) is 0 Å². The predicted octanol–water partition coefficient (Wildman–Crippen LogP) is 6.96. The highest BCUT2D eigenvalue weighted by molar-refractivity contribution is 8.02. The average Bonchev–Trinajstić information content (AvgIpc) is 2.72. The van der Waals surface area contributed by atoms with E-state index in [9.17, 15) is 10.1 Å². The number of benzene rings is 2. The lowest BCUT2D eigenvalue weighted by atomic mass is 9.82. The molecule has 3 rings (SSSR count). The van der Waals surface area contributed by atoms with Gasteiger partial charge in [-0.2, -0.15) is 5.26 Å². The molecule has 0 saturated carbocycles.